The summed E-state index contributed by atoms with van der Waals surface area (Å²) in [4.78, 5) is 21.8. The van der Waals surface area contributed by atoms with Crippen LogP contribution in [-0.4, -0.2) is 23.6 Å². The third-order valence-electron chi connectivity index (χ3n) is 2.78. The predicted molar refractivity (Wildman–Crippen MR) is 91.5 cm³/mol. The summed E-state index contributed by atoms with van der Waals surface area (Å²) in [7, 11) is 0. The molecule has 7 nitrogen and oxygen atoms in total. The normalized spacial score (nSPS) is 10.5. The zero-order chi connectivity index (χ0) is 16.7. The van der Waals surface area contributed by atoms with Crippen molar-refractivity contribution in [1.82, 2.24) is 5.43 Å². The van der Waals surface area contributed by atoms with Crippen LogP contribution in [0.5, 0.6) is 0 Å². The molecule has 118 valence electrons. The van der Waals surface area contributed by atoms with Crippen LogP contribution in [0.1, 0.15) is 5.56 Å². The lowest BCUT2D eigenvalue weighted by molar-refractivity contribution is -0.384. The van der Waals surface area contributed by atoms with Crippen LogP contribution in [-0.2, 0) is 4.79 Å². The number of benzene rings is 2. The van der Waals surface area contributed by atoms with Crippen molar-refractivity contribution in [2.45, 2.75) is 0 Å². The largest absolute Gasteiger partial charge is 0.376 e. The maximum Gasteiger partial charge on any atom is 0.270 e. The van der Waals surface area contributed by atoms with Gasteiger partial charge < -0.3 is 5.32 Å². The maximum atomic E-state index is 11.6. The van der Waals surface area contributed by atoms with Crippen LogP contribution in [0.15, 0.2) is 58.1 Å². The molecular weight excluding hydrogens is 364 g/mol. The van der Waals surface area contributed by atoms with Crippen molar-refractivity contribution >= 4 is 39.4 Å². The molecule has 0 radical (unpaired) electrons. The molecule has 2 aromatic carbocycles. The smallest absolute Gasteiger partial charge is 0.270 e. The Morgan fingerprint density at radius 2 is 2.00 bits per heavy atom. The maximum absolute atomic E-state index is 11.6. The number of hydrazone groups is 1. The minimum Gasteiger partial charge on any atom is -0.376 e. The molecule has 2 N–H and O–H groups in total. The number of nitrogens with zero attached hydrogens (tertiary/aromatic N) is 2. The molecule has 0 aliphatic carbocycles. The van der Waals surface area contributed by atoms with E-state index >= 15 is 0 Å². The van der Waals surface area contributed by atoms with Crippen molar-refractivity contribution in [1.29, 1.82) is 0 Å². The van der Waals surface area contributed by atoms with E-state index in [1.165, 1.54) is 18.3 Å². The highest BCUT2D eigenvalue weighted by molar-refractivity contribution is 9.10. The molecule has 0 aliphatic heterocycles. The summed E-state index contributed by atoms with van der Waals surface area (Å²) >= 11 is 3.33. The topological polar surface area (TPSA) is 96.6 Å². The van der Waals surface area contributed by atoms with Crippen molar-refractivity contribution in [3.05, 3.63) is 68.7 Å². The SMILES string of the molecule is O=C(CNc1ccc(Br)cc1)N/N=C/c1cccc([N+](=O)[O-])c1. The van der Waals surface area contributed by atoms with Crippen LogP contribution in [0.25, 0.3) is 0 Å². The number of nitrogens with one attached hydrogen (secondary N) is 2. The summed E-state index contributed by atoms with van der Waals surface area (Å²) in [6.45, 7) is 0.0634. The third-order valence-corrected chi connectivity index (χ3v) is 3.31. The molecule has 0 atom stereocenters. The first-order chi connectivity index (χ1) is 11.0. The number of rotatable bonds is 6. The van der Waals surface area contributed by atoms with Gasteiger partial charge in [0.1, 0.15) is 0 Å². The minimum absolute atomic E-state index is 0.0304. The minimum atomic E-state index is -0.488. The Labute approximate surface area is 140 Å². The van der Waals surface area contributed by atoms with Crippen LogP contribution >= 0.6 is 15.9 Å². The fraction of sp³-hybridized carbons (Fsp3) is 0.0667. The molecule has 0 fully saturated rings. The lowest BCUT2D eigenvalue weighted by Gasteiger charge is -2.05. The zero-order valence-corrected chi connectivity index (χ0v) is 13.5. The lowest BCUT2D eigenvalue weighted by atomic mass is 10.2. The average Bonchev–Trinajstić information content (AvgIpc) is 2.54. The number of hydrogen-bond acceptors (Lipinski definition) is 5. The second kappa shape index (κ2) is 8.04. The fourth-order valence-corrected chi connectivity index (χ4v) is 1.95. The first kappa shape index (κ1) is 16.6. The van der Waals surface area contributed by atoms with Gasteiger partial charge in [-0.05, 0) is 24.3 Å². The van der Waals surface area contributed by atoms with E-state index in [0.29, 0.717) is 5.56 Å². The van der Waals surface area contributed by atoms with Gasteiger partial charge in [0.15, 0.2) is 0 Å². The van der Waals surface area contributed by atoms with Gasteiger partial charge in [-0.1, -0.05) is 28.1 Å². The van der Waals surface area contributed by atoms with Gasteiger partial charge in [0.2, 0.25) is 0 Å². The van der Waals surface area contributed by atoms with Gasteiger partial charge in [0.05, 0.1) is 17.7 Å². The molecule has 0 aromatic heterocycles. The number of hydrogen-bond donors (Lipinski definition) is 2. The van der Waals surface area contributed by atoms with Gasteiger partial charge in [-0.3, -0.25) is 14.9 Å². The first-order valence-electron chi connectivity index (χ1n) is 6.60. The Morgan fingerprint density at radius 3 is 2.70 bits per heavy atom. The highest BCUT2D eigenvalue weighted by Gasteiger charge is 2.04. The third kappa shape index (κ3) is 5.51. The number of halogens is 1. The van der Waals surface area contributed by atoms with Crippen molar-refractivity contribution in [3.63, 3.8) is 0 Å². The number of non-ortho nitro benzene ring substituents is 1. The molecule has 0 saturated carbocycles. The number of nitro groups is 1. The van der Waals surface area contributed by atoms with E-state index in [9.17, 15) is 14.9 Å². The Balaban J connectivity index is 1.83. The summed E-state index contributed by atoms with van der Waals surface area (Å²) in [5.74, 6) is -0.324. The molecule has 0 bridgehead atoms. The van der Waals surface area contributed by atoms with E-state index in [-0.39, 0.29) is 18.1 Å². The average molecular weight is 377 g/mol. The number of nitro benzene ring substituents is 1. The number of carbonyl (C=O) groups excluding carboxylic acids is 1. The van der Waals surface area contributed by atoms with E-state index in [2.05, 4.69) is 31.8 Å². The molecule has 2 aromatic rings. The van der Waals surface area contributed by atoms with Crippen LogP contribution in [0.4, 0.5) is 11.4 Å². The van der Waals surface area contributed by atoms with Crippen molar-refractivity contribution < 1.29 is 9.72 Å². The van der Waals surface area contributed by atoms with Gasteiger partial charge in [0, 0.05) is 27.9 Å². The second-order valence-corrected chi connectivity index (χ2v) is 5.42. The van der Waals surface area contributed by atoms with Gasteiger partial charge >= 0.3 is 0 Å². The van der Waals surface area contributed by atoms with Crippen molar-refractivity contribution in [2.75, 3.05) is 11.9 Å². The molecule has 2 rings (SSSR count). The highest BCUT2D eigenvalue weighted by atomic mass is 79.9. The number of amides is 1. The second-order valence-electron chi connectivity index (χ2n) is 4.51. The Hall–Kier alpha value is -2.74. The Bertz CT molecular complexity index is 732. The van der Waals surface area contributed by atoms with E-state index in [0.717, 1.165) is 10.2 Å². The molecule has 1 amide bonds. The van der Waals surface area contributed by atoms with E-state index in [1.807, 2.05) is 24.3 Å². The quantitative estimate of drug-likeness (QED) is 0.460. The zero-order valence-electron chi connectivity index (χ0n) is 11.9. The van der Waals surface area contributed by atoms with E-state index in [4.69, 9.17) is 0 Å². The van der Waals surface area contributed by atoms with Crippen LogP contribution in [0, 0.1) is 10.1 Å². The first-order valence-corrected chi connectivity index (χ1v) is 7.40. The molecule has 0 saturated heterocycles. The van der Waals surface area contributed by atoms with Crippen molar-refractivity contribution in [3.8, 4) is 0 Å². The monoisotopic (exact) mass is 376 g/mol. The molecule has 0 unspecified atom stereocenters. The molecule has 0 heterocycles. The lowest BCUT2D eigenvalue weighted by Crippen LogP contribution is -2.25. The Morgan fingerprint density at radius 1 is 1.26 bits per heavy atom. The summed E-state index contributed by atoms with van der Waals surface area (Å²) in [5.41, 5.74) is 3.66. The van der Waals surface area contributed by atoms with Gasteiger partial charge in [-0.15, -0.1) is 0 Å². The summed E-state index contributed by atoms with van der Waals surface area (Å²) in [6, 6.07) is 13.4. The molecule has 8 heteroatoms. The fourth-order valence-electron chi connectivity index (χ4n) is 1.69. The highest BCUT2D eigenvalue weighted by Crippen LogP contribution is 2.13. The van der Waals surface area contributed by atoms with Crippen LogP contribution < -0.4 is 10.7 Å². The number of carbonyl (C=O) groups is 1. The molecule has 0 aliphatic rings. The summed E-state index contributed by atoms with van der Waals surface area (Å²) in [5, 5.41) is 17.4. The van der Waals surface area contributed by atoms with E-state index in [1.54, 1.807) is 12.1 Å². The van der Waals surface area contributed by atoms with E-state index < -0.39 is 4.92 Å². The van der Waals surface area contributed by atoms with Crippen molar-refractivity contribution in [2.24, 2.45) is 5.10 Å². The van der Waals surface area contributed by atoms with Gasteiger partial charge in [-0.25, -0.2) is 5.43 Å². The molecule has 0 spiro atoms. The van der Waals surface area contributed by atoms with Crippen LogP contribution in [0.3, 0.4) is 0 Å². The predicted octanol–water partition coefficient (Wildman–Crippen LogP) is 2.92. The molecular formula is C15H13BrN4O3. The van der Waals surface area contributed by atoms with Gasteiger partial charge in [-0.2, -0.15) is 5.10 Å². The van der Waals surface area contributed by atoms with Crippen LogP contribution in [0.2, 0.25) is 0 Å². The summed E-state index contributed by atoms with van der Waals surface area (Å²) in [6.07, 6.45) is 1.35. The molecule has 23 heavy (non-hydrogen) atoms. The van der Waals surface area contributed by atoms with Gasteiger partial charge in [0.25, 0.3) is 11.6 Å². The standard InChI is InChI=1S/C15H13BrN4O3/c16-12-4-6-13(7-5-12)17-10-15(21)19-18-9-11-2-1-3-14(8-11)20(22)23/h1-9,17H,10H2,(H,19,21)/b18-9+. The summed E-state index contributed by atoms with van der Waals surface area (Å²) < 4.78 is 0.953. The number of anilines is 1. The Kier molecular flexibility index (Phi) is 5.81.